The maximum atomic E-state index is 6.20. The minimum atomic E-state index is 0.621. The zero-order valence-corrected chi connectivity index (χ0v) is 14.7. The molecule has 5 aromatic rings. The van der Waals surface area contributed by atoms with E-state index in [0.717, 1.165) is 27.8 Å². The smallest absolute Gasteiger partial charge is 0.227 e. The van der Waals surface area contributed by atoms with Crippen LogP contribution in [0.25, 0.3) is 32.9 Å². The Balaban J connectivity index is 1.78. The van der Waals surface area contributed by atoms with Gasteiger partial charge in [-0.05, 0) is 40.6 Å². The third-order valence-electron chi connectivity index (χ3n) is 4.70. The van der Waals surface area contributed by atoms with E-state index in [0.29, 0.717) is 5.55 Å². The molecule has 0 fully saturated rings. The second kappa shape index (κ2) is 6.58. The van der Waals surface area contributed by atoms with Crippen molar-refractivity contribution in [1.29, 1.82) is 0 Å². The van der Waals surface area contributed by atoms with Crippen molar-refractivity contribution in [3.8, 4) is 11.1 Å². The zero-order valence-electron chi connectivity index (χ0n) is 14.7. The predicted octanol–water partition coefficient (Wildman–Crippen LogP) is 6.49. The Morgan fingerprint density at radius 2 is 1.26 bits per heavy atom. The van der Waals surface area contributed by atoms with Crippen LogP contribution < -0.4 is 5.55 Å². The molecule has 27 heavy (non-hydrogen) atoms. The van der Waals surface area contributed by atoms with Gasteiger partial charge < -0.3 is 4.42 Å². The lowest BCUT2D eigenvalue weighted by Crippen LogP contribution is -2.05. The van der Waals surface area contributed by atoms with Gasteiger partial charge in [-0.2, -0.15) is 0 Å². The van der Waals surface area contributed by atoms with Gasteiger partial charge in [-0.1, -0.05) is 78.9 Å². The fourth-order valence-corrected chi connectivity index (χ4v) is 3.34. The van der Waals surface area contributed by atoms with E-state index in [1.54, 1.807) is 0 Å². The van der Waals surface area contributed by atoms with Crippen molar-refractivity contribution < 1.29 is 4.42 Å². The van der Waals surface area contributed by atoms with Crippen LogP contribution in [0, 0.1) is 0 Å². The minimum absolute atomic E-state index is 0.621. The van der Waals surface area contributed by atoms with Crippen LogP contribution in [0.2, 0.25) is 0 Å². The summed E-state index contributed by atoms with van der Waals surface area (Å²) in [4.78, 5) is 4.85. The standard InChI is InChI=1S/C25H17NO/c1-2-9-19(10-3-1)23-17-21-12-6-7-13-24(21)27-25(23)26-22-15-14-18-8-4-5-11-20(18)16-22/h1-17H. The minimum Gasteiger partial charge on any atom is -0.438 e. The number of fused-ring (bicyclic) bond motifs is 2. The maximum Gasteiger partial charge on any atom is 0.227 e. The molecule has 0 unspecified atom stereocenters. The summed E-state index contributed by atoms with van der Waals surface area (Å²) < 4.78 is 6.20. The molecular weight excluding hydrogens is 330 g/mol. The van der Waals surface area contributed by atoms with Crippen molar-refractivity contribution in [2.24, 2.45) is 4.99 Å². The quantitative estimate of drug-likeness (QED) is 0.358. The summed E-state index contributed by atoms with van der Waals surface area (Å²) in [5.41, 5.74) is 4.41. The fourth-order valence-electron chi connectivity index (χ4n) is 3.34. The first-order valence-corrected chi connectivity index (χ1v) is 8.99. The van der Waals surface area contributed by atoms with Gasteiger partial charge in [0.1, 0.15) is 5.58 Å². The molecule has 0 N–H and O–H groups in total. The number of nitrogens with zero attached hydrogens (tertiary/aromatic N) is 1. The van der Waals surface area contributed by atoms with Crippen LogP contribution in [0.1, 0.15) is 0 Å². The lowest BCUT2D eigenvalue weighted by molar-refractivity contribution is 0.547. The highest BCUT2D eigenvalue weighted by atomic mass is 16.3. The average Bonchev–Trinajstić information content (AvgIpc) is 2.74. The molecule has 0 aliphatic heterocycles. The third kappa shape index (κ3) is 3.02. The van der Waals surface area contributed by atoms with Gasteiger partial charge in [0.2, 0.25) is 5.55 Å². The molecule has 0 aliphatic rings. The first-order chi connectivity index (χ1) is 13.4. The molecule has 2 nitrogen and oxygen atoms in total. The van der Waals surface area contributed by atoms with Gasteiger partial charge in [0.05, 0.1) is 5.69 Å². The topological polar surface area (TPSA) is 25.5 Å². The Kier molecular flexibility index (Phi) is 3.80. The number of hydrogen-bond donors (Lipinski definition) is 0. The van der Waals surface area contributed by atoms with E-state index in [2.05, 4.69) is 48.5 Å². The van der Waals surface area contributed by atoms with Crippen molar-refractivity contribution in [2.45, 2.75) is 0 Å². The Bertz CT molecular complexity index is 1320. The molecule has 0 aliphatic carbocycles. The molecular formula is C25H17NO. The van der Waals surface area contributed by atoms with Gasteiger partial charge in [0.15, 0.2) is 0 Å². The SMILES string of the molecule is c1ccc(-c2cc3ccccc3oc2=Nc2ccc3ccccc3c2)cc1. The van der Waals surface area contributed by atoms with Crippen molar-refractivity contribution in [3.63, 3.8) is 0 Å². The van der Waals surface area contributed by atoms with E-state index < -0.39 is 0 Å². The lowest BCUT2D eigenvalue weighted by atomic mass is 10.1. The summed E-state index contributed by atoms with van der Waals surface area (Å²) >= 11 is 0. The molecule has 0 saturated heterocycles. The summed E-state index contributed by atoms with van der Waals surface area (Å²) in [6.45, 7) is 0. The zero-order chi connectivity index (χ0) is 18.1. The van der Waals surface area contributed by atoms with E-state index in [-0.39, 0.29) is 0 Å². The number of hydrogen-bond acceptors (Lipinski definition) is 2. The van der Waals surface area contributed by atoms with E-state index in [1.165, 1.54) is 10.8 Å². The molecule has 5 rings (SSSR count). The van der Waals surface area contributed by atoms with Crippen LogP contribution in [0.4, 0.5) is 5.69 Å². The predicted molar refractivity (Wildman–Crippen MR) is 111 cm³/mol. The number of rotatable bonds is 2. The van der Waals surface area contributed by atoms with Crippen molar-refractivity contribution in [3.05, 3.63) is 109 Å². The summed E-state index contributed by atoms with van der Waals surface area (Å²) in [5, 5.41) is 3.43. The van der Waals surface area contributed by atoms with Gasteiger partial charge in [0.25, 0.3) is 0 Å². The highest BCUT2D eigenvalue weighted by molar-refractivity contribution is 5.85. The molecule has 128 valence electrons. The van der Waals surface area contributed by atoms with Gasteiger partial charge in [-0.3, -0.25) is 0 Å². The van der Waals surface area contributed by atoms with Crippen LogP contribution in [0.5, 0.6) is 0 Å². The molecule has 0 atom stereocenters. The Morgan fingerprint density at radius 1 is 0.556 bits per heavy atom. The van der Waals surface area contributed by atoms with Crippen LogP contribution in [0.3, 0.4) is 0 Å². The second-order valence-corrected chi connectivity index (χ2v) is 6.51. The highest BCUT2D eigenvalue weighted by Crippen LogP contribution is 2.24. The van der Waals surface area contributed by atoms with Gasteiger partial charge >= 0.3 is 0 Å². The van der Waals surface area contributed by atoms with Crippen molar-refractivity contribution in [2.75, 3.05) is 0 Å². The largest absolute Gasteiger partial charge is 0.438 e. The van der Waals surface area contributed by atoms with Crippen molar-refractivity contribution in [1.82, 2.24) is 0 Å². The number of benzene rings is 4. The molecule has 4 aromatic carbocycles. The molecule has 1 aromatic heterocycles. The van der Waals surface area contributed by atoms with E-state index in [9.17, 15) is 0 Å². The lowest BCUT2D eigenvalue weighted by Gasteiger charge is -2.05. The van der Waals surface area contributed by atoms with E-state index >= 15 is 0 Å². The van der Waals surface area contributed by atoms with Gasteiger partial charge in [-0.25, -0.2) is 4.99 Å². The van der Waals surface area contributed by atoms with Crippen molar-refractivity contribution >= 4 is 27.4 Å². The molecule has 0 spiro atoms. The molecule has 0 amide bonds. The van der Waals surface area contributed by atoms with Crippen LogP contribution >= 0.6 is 0 Å². The van der Waals surface area contributed by atoms with Gasteiger partial charge in [-0.15, -0.1) is 0 Å². The van der Waals surface area contributed by atoms with E-state index in [4.69, 9.17) is 9.41 Å². The summed E-state index contributed by atoms with van der Waals surface area (Å²) in [5.74, 6) is 0. The first kappa shape index (κ1) is 15.6. The Hall–Kier alpha value is -3.65. The normalized spacial score (nSPS) is 11.9. The van der Waals surface area contributed by atoms with Gasteiger partial charge in [0, 0.05) is 10.9 Å². The highest BCUT2D eigenvalue weighted by Gasteiger charge is 2.06. The summed E-state index contributed by atoms with van der Waals surface area (Å²) in [6.07, 6.45) is 0. The molecule has 0 bridgehead atoms. The second-order valence-electron chi connectivity index (χ2n) is 6.51. The fraction of sp³-hybridized carbons (Fsp3) is 0. The Labute approximate surface area is 157 Å². The molecule has 1 heterocycles. The maximum absolute atomic E-state index is 6.20. The van der Waals surface area contributed by atoms with E-state index in [1.807, 2.05) is 54.6 Å². The summed E-state index contributed by atoms with van der Waals surface area (Å²) in [6, 6.07) is 34.9. The molecule has 2 heteroatoms. The molecule has 0 saturated carbocycles. The van der Waals surface area contributed by atoms with Crippen LogP contribution in [0.15, 0.2) is 113 Å². The summed E-state index contributed by atoms with van der Waals surface area (Å²) in [7, 11) is 0. The monoisotopic (exact) mass is 347 g/mol. The average molecular weight is 347 g/mol. The Morgan fingerprint density at radius 3 is 2.11 bits per heavy atom. The third-order valence-corrected chi connectivity index (χ3v) is 4.70. The first-order valence-electron chi connectivity index (χ1n) is 8.99. The number of para-hydroxylation sites is 1. The van der Waals surface area contributed by atoms with Crippen LogP contribution in [-0.2, 0) is 0 Å². The molecule has 0 radical (unpaired) electrons. The van der Waals surface area contributed by atoms with Crippen LogP contribution in [-0.4, -0.2) is 0 Å².